The van der Waals surface area contributed by atoms with E-state index in [4.69, 9.17) is 16.6 Å². The van der Waals surface area contributed by atoms with E-state index in [9.17, 15) is 14.4 Å². The Hall–Kier alpha value is -2.21. The molecule has 6 nitrogen and oxygen atoms in total. The molecule has 6 heteroatoms. The molecule has 1 unspecified atom stereocenters. The molecule has 0 aliphatic rings. The fourth-order valence-corrected chi connectivity index (χ4v) is 1.45. The van der Waals surface area contributed by atoms with Crippen LogP contribution >= 0.6 is 0 Å². The lowest BCUT2D eigenvalue weighted by atomic mass is 9.97. The van der Waals surface area contributed by atoms with Crippen molar-refractivity contribution in [2.45, 2.75) is 19.4 Å². The maximum Gasteiger partial charge on any atom is 0.249 e. The lowest BCUT2D eigenvalue weighted by Crippen LogP contribution is -2.22. The van der Waals surface area contributed by atoms with Gasteiger partial charge in [0.05, 0.1) is 0 Å². The molecule has 1 atom stereocenters. The number of primary amides is 2. The predicted octanol–water partition coefficient (Wildman–Crippen LogP) is -0.623. The first-order valence-corrected chi connectivity index (χ1v) is 5.26. The third-order valence-corrected chi connectivity index (χ3v) is 2.49. The Labute approximate surface area is 104 Å². The molecule has 0 aliphatic carbocycles. The van der Waals surface area contributed by atoms with Gasteiger partial charge in [-0.1, -0.05) is 6.07 Å². The van der Waals surface area contributed by atoms with Crippen LogP contribution in [0.2, 0.25) is 0 Å². The highest BCUT2D eigenvalue weighted by Gasteiger charge is 2.16. The first kappa shape index (κ1) is 13.9. The maximum absolute atomic E-state index is 11.4. The number of ketones is 1. The Morgan fingerprint density at radius 3 is 2.28 bits per heavy atom. The molecule has 0 saturated heterocycles. The summed E-state index contributed by atoms with van der Waals surface area (Å²) in [5.74, 6) is -1.89. The number of carbonyl (C=O) groups is 3. The molecular formula is C12H14N2O4. The highest BCUT2D eigenvalue weighted by atomic mass is 16.3. The molecule has 1 aromatic carbocycles. The Morgan fingerprint density at radius 2 is 1.83 bits per heavy atom. The zero-order valence-electron chi connectivity index (χ0n) is 9.84. The van der Waals surface area contributed by atoms with Gasteiger partial charge in [-0.25, -0.2) is 0 Å². The van der Waals surface area contributed by atoms with Crippen LogP contribution in [0, 0.1) is 0 Å². The Bertz CT molecular complexity index is 509. The van der Waals surface area contributed by atoms with Gasteiger partial charge >= 0.3 is 0 Å². The van der Waals surface area contributed by atoms with Gasteiger partial charge in [0.15, 0.2) is 5.78 Å². The summed E-state index contributed by atoms with van der Waals surface area (Å²) in [5, 5.41) is 9.11. The second-order valence-corrected chi connectivity index (χ2v) is 3.92. The number of Topliss-reactive ketones (excluding diaryl/α,β-unsaturated/α-hetero) is 1. The van der Waals surface area contributed by atoms with Crippen LogP contribution < -0.4 is 11.5 Å². The minimum Gasteiger partial charge on any atom is -0.386 e. The van der Waals surface area contributed by atoms with Crippen LogP contribution in [0.4, 0.5) is 0 Å². The number of carbonyl (C=O) groups excluding carboxylic acids is 3. The summed E-state index contributed by atoms with van der Waals surface area (Å²) in [7, 11) is 0. The molecule has 0 bridgehead atoms. The van der Waals surface area contributed by atoms with E-state index in [0.29, 0.717) is 5.56 Å². The monoisotopic (exact) mass is 250 g/mol. The fourth-order valence-electron chi connectivity index (χ4n) is 1.45. The molecule has 0 heterocycles. The van der Waals surface area contributed by atoms with Gasteiger partial charge in [0.2, 0.25) is 11.8 Å². The third kappa shape index (κ3) is 3.14. The number of benzene rings is 1. The minimum atomic E-state index is -1.12. The quantitative estimate of drug-likeness (QED) is 0.644. The molecule has 1 rings (SSSR count). The normalized spacial score (nSPS) is 11.9. The summed E-state index contributed by atoms with van der Waals surface area (Å²) in [6.07, 6.45) is -1.25. The number of amides is 2. The molecule has 0 saturated carbocycles. The zero-order chi connectivity index (χ0) is 13.9. The van der Waals surface area contributed by atoms with Gasteiger partial charge in [-0.05, 0) is 24.6 Å². The van der Waals surface area contributed by atoms with Crippen LogP contribution in [-0.4, -0.2) is 28.8 Å². The summed E-state index contributed by atoms with van der Waals surface area (Å²) < 4.78 is 0. The second-order valence-electron chi connectivity index (χ2n) is 3.92. The minimum absolute atomic E-state index is 0.0558. The van der Waals surface area contributed by atoms with Crippen LogP contribution in [0.5, 0.6) is 0 Å². The molecule has 5 N–H and O–H groups in total. The maximum atomic E-state index is 11.4. The average Bonchev–Trinajstić information content (AvgIpc) is 2.28. The number of aliphatic hydroxyl groups is 1. The number of hydrogen-bond donors (Lipinski definition) is 3. The predicted molar refractivity (Wildman–Crippen MR) is 63.9 cm³/mol. The third-order valence-electron chi connectivity index (χ3n) is 2.49. The van der Waals surface area contributed by atoms with E-state index >= 15 is 0 Å². The van der Waals surface area contributed by atoms with Crippen molar-refractivity contribution >= 4 is 17.6 Å². The van der Waals surface area contributed by atoms with Gasteiger partial charge < -0.3 is 16.6 Å². The standard InChI is InChI=1S/C12H14N2O4/c1-6(15)10(16)5-7-2-3-8(11(13)17)4-9(7)12(14)18/h2-4,6,15H,5H2,1H3,(H2,13,17)(H2,14,18). The van der Waals surface area contributed by atoms with Crippen molar-refractivity contribution in [3.63, 3.8) is 0 Å². The molecule has 0 radical (unpaired) electrons. The first-order valence-electron chi connectivity index (χ1n) is 5.26. The summed E-state index contributed by atoms with van der Waals surface area (Å²) in [5.41, 5.74) is 10.8. The van der Waals surface area contributed by atoms with Gasteiger partial charge in [-0.3, -0.25) is 14.4 Å². The van der Waals surface area contributed by atoms with Crippen LogP contribution in [0.25, 0.3) is 0 Å². The summed E-state index contributed by atoms with van der Waals surface area (Å²) >= 11 is 0. The SMILES string of the molecule is CC(O)C(=O)Cc1ccc(C(N)=O)cc1C(N)=O. The van der Waals surface area contributed by atoms with Crippen LogP contribution in [0.3, 0.4) is 0 Å². The highest BCUT2D eigenvalue weighted by molar-refractivity contribution is 6.00. The molecule has 0 aromatic heterocycles. The molecule has 18 heavy (non-hydrogen) atoms. The van der Waals surface area contributed by atoms with E-state index in [-0.39, 0.29) is 17.5 Å². The molecule has 96 valence electrons. The zero-order valence-corrected chi connectivity index (χ0v) is 9.84. The number of hydrogen-bond acceptors (Lipinski definition) is 4. The summed E-state index contributed by atoms with van der Waals surface area (Å²) in [4.78, 5) is 33.6. The van der Waals surface area contributed by atoms with Crippen molar-refractivity contribution in [1.29, 1.82) is 0 Å². The topological polar surface area (TPSA) is 123 Å². The van der Waals surface area contributed by atoms with E-state index < -0.39 is 23.7 Å². The number of aliphatic hydroxyl groups excluding tert-OH is 1. The molecule has 0 spiro atoms. The Balaban J connectivity index is 3.16. The number of nitrogens with two attached hydrogens (primary N) is 2. The van der Waals surface area contributed by atoms with E-state index in [2.05, 4.69) is 0 Å². The van der Waals surface area contributed by atoms with E-state index in [1.807, 2.05) is 0 Å². The van der Waals surface area contributed by atoms with Gasteiger partial charge in [-0.2, -0.15) is 0 Å². The molecule has 1 aromatic rings. The fraction of sp³-hybridized carbons (Fsp3) is 0.250. The van der Waals surface area contributed by atoms with Crippen molar-refractivity contribution in [2.75, 3.05) is 0 Å². The summed E-state index contributed by atoms with van der Waals surface area (Å²) in [6, 6.07) is 4.08. The van der Waals surface area contributed by atoms with E-state index in [0.717, 1.165) is 0 Å². The lowest BCUT2D eigenvalue weighted by Gasteiger charge is -2.09. The Kier molecular flexibility index (Phi) is 4.17. The van der Waals surface area contributed by atoms with Gasteiger partial charge in [0.25, 0.3) is 0 Å². The summed E-state index contributed by atoms with van der Waals surface area (Å²) in [6.45, 7) is 1.34. The number of rotatable bonds is 5. The van der Waals surface area contributed by atoms with Gasteiger partial charge in [-0.15, -0.1) is 0 Å². The van der Waals surface area contributed by atoms with E-state index in [1.165, 1.54) is 25.1 Å². The largest absolute Gasteiger partial charge is 0.386 e. The first-order chi connectivity index (χ1) is 8.32. The molecule has 2 amide bonds. The Morgan fingerprint density at radius 1 is 1.22 bits per heavy atom. The van der Waals surface area contributed by atoms with Crippen molar-refractivity contribution in [2.24, 2.45) is 11.5 Å². The van der Waals surface area contributed by atoms with Crippen molar-refractivity contribution in [3.8, 4) is 0 Å². The molecule has 0 fully saturated rings. The van der Waals surface area contributed by atoms with Crippen molar-refractivity contribution < 1.29 is 19.5 Å². The lowest BCUT2D eigenvalue weighted by molar-refractivity contribution is -0.125. The van der Waals surface area contributed by atoms with Gasteiger partial charge in [0, 0.05) is 17.5 Å². The van der Waals surface area contributed by atoms with Crippen molar-refractivity contribution in [3.05, 3.63) is 34.9 Å². The molecule has 0 aliphatic heterocycles. The van der Waals surface area contributed by atoms with Crippen LogP contribution in [0.1, 0.15) is 33.2 Å². The van der Waals surface area contributed by atoms with Crippen LogP contribution in [0.15, 0.2) is 18.2 Å². The van der Waals surface area contributed by atoms with Crippen LogP contribution in [-0.2, 0) is 11.2 Å². The average molecular weight is 250 g/mol. The molecular weight excluding hydrogens is 236 g/mol. The van der Waals surface area contributed by atoms with E-state index in [1.54, 1.807) is 0 Å². The van der Waals surface area contributed by atoms with Crippen molar-refractivity contribution in [1.82, 2.24) is 0 Å². The second kappa shape index (κ2) is 5.42. The highest BCUT2D eigenvalue weighted by Crippen LogP contribution is 2.13. The van der Waals surface area contributed by atoms with Gasteiger partial charge in [0.1, 0.15) is 6.10 Å². The smallest absolute Gasteiger partial charge is 0.249 e.